The van der Waals surface area contributed by atoms with Gasteiger partial charge >= 0.3 is 5.97 Å². The summed E-state index contributed by atoms with van der Waals surface area (Å²) in [5, 5.41) is 4.80. The maximum atomic E-state index is 12.5. The lowest BCUT2D eigenvalue weighted by atomic mass is 10.1. The number of halogens is 2. The highest BCUT2D eigenvalue weighted by Crippen LogP contribution is 2.38. The van der Waals surface area contributed by atoms with Crippen molar-refractivity contribution in [2.24, 2.45) is 0 Å². The van der Waals surface area contributed by atoms with E-state index in [1.165, 1.54) is 13.3 Å². The normalized spacial score (nSPS) is 10.6. The molecule has 0 amide bonds. The van der Waals surface area contributed by atoms with Crippen molar-refractivity contribution < 1.29 is 19.0 Å². The number of nitrogens with one attached hydrogen (secondary N) is 1. The molecular formula is C20H18Cl2N2O4. The Balaban J connectivity index is 2.25. The highest BCUT2D eigenvalue weighted by Gasteiger charge is 2.20. The van der Waals surface area contributed by atoms with Gasteiger partial charge in [-0.25, -0.2) is 4.79 Å². The zero-order valence-electron chi connectivity index (χ0n) is 15.5. The van der Waals surface area contributed by atoms with Crippen molar-refractivity contribution in [3.63, 3.8) is 0 Å². The summed E-state index contributed by atoms with van der Waals surface area (Å²) in [5.74, 6) is 0.512. The average molecular weight is 421 g/mol. The molecule has 0 aliphatic rings. The van der Waals surface area contributed by atoms with Crippen LogP contribution in [0.2, 0.25) is 10.0 Å². The SMILES string of the molecule is CCOC(=O)c1cnc2cc(Cl)c(OC)cc2c1Nc1cc(Cl)ccc1OC. The number of anilines is 2. The van der Waals surface area contributed by atoms with Gasteiger partial charge in [0.05, 0.1) is 42.7 Å². The number of pyridine rings is 1. The minimum atomic E-state index is -0.505. The van der Waals surface area contributed by atoms with Crippen LogP contribution < -0.4 is 14.8 Å². The molecule has 0 aliphatic carbocycles. The molecule has 2 aromatic carbocycles. The second kappa shape index (κ2) is 8.54. The molecule has 1 N–H and O–H groups in total. The van der Waals surface area contributed by atoms with Crippen LogP contribution >= 0.6 is 23.2 Å². The zero-order chi connectivity index (χ0) is 20.3. The molecule has 1 heterocycles. The van der Waals surface area contributed by atoms with Crippen LogP contribution in [0.5, 0.6) is 11.5 Å². The number of esters is 1. The molecule has 0 spiro atoms. The lowest BCUT2D eigenvalue weighted by Gasteiger charge is -2.17. The molecule has 0 fully saturated rings. The van der Waals surface area contributed by atoms with Crippen molar-refractivity contribution in [1.29, 1.82) is 0 Å². The Kier molecular flexibility index (Phi) is 6.11. The zero-order valence-corrected chi connectivity index (χ0v) is 17.0. The smallest absolute Gasteiger partial charge is 0.341 e. The number of hydrogen-bond acceptors (Lipinski definition) is 6. The monoisotopic (exact) mass is 420 g/mol. The van der Waals surface area contributed by atoms with Gasteiger partial charge in [0.15, 0.2) is 0 Å². The van der Waals surface area contributed by atoms with Crippen molar-refractivity contribution in [3.05, 3.63) is 52.1 Å². The van der Waals surface area contributed by atoms with Crippen LogP contribution in [0.1, 0.15) is 17.3 Å². The standard InChI is InChI=1S/C20H18Cl2N2O4/c1-4-28-20(25)13-10-23-15-9-14(22)18(27-3)8-12(15)19(13)24-16-7-11(21)5-6-17(16)26-2/h5-10H,4H2,1-3H3,(H,23,24). The summed E-state index contributed by atoms with van der Waals surface area (Å²) in [4.78, 5) is 16.9. The number of carbonyl (C=O) groups excluding carboxylic acids is 1. The van der Waals surface area contributed by atoms with Crippen LogP contribution in [-0.4, -0.2) is 31.8 Å². The second-order valence-electron chi connectivity index (χ2n) is 5.74. The van der Waals surface area contributed by atoms with E-state index in [9.17, 15) is 4.79 Å². The van der Waals surface area contributed by atoms with E-state index in [1.807, 2.05) is 0 Å². The van der Waals surface area contributed by atoms with Gasteiger partial charge in [-0.1, -0.05) is 23.2 Å². The van der Waals surface area contributed by atoms with Gasteiger partial charge in [-0.2, -0.15) is 0 Å². The molecule has 8 heteroatoms. The molecule has 3 aromatic rings. The molecule has 1 aromatic heterocycles. The van der Waals surface area contributed by atoms with E-state index in [0.717, 1.165) is 0 Å². The van der Waals surface area contributed by atoms with Crippen LogP contribution in [0.15, 0.2) is 36.5 Å². The summed E-state index contributed by atoms with van der Waals surface area (Å²) >= 11 is 12.4. The number of benzene rings is 2. The van der Waals surface area contributed by atoms with Crippen molar-refractivity contribution >= 4 is 51.4 Å². The summed E-state index contributed by atoms with van der Waals surface area (Å²) in [6, 6.07) is 8.54. The molecule has 0 bridgehead atoms. The fourth-order valence-corrected chi connectivity index (χ4v) is 3.17. The minimum Gasteiger partial charge on any atom is -0.495 e. The summed E-state index contributed by atoms with van der Waals surface area (Å²) in [7, 11) is 3.07. The predicted molar refractivity (Wildman–Crippen MR) is 111 cm³/mol. The van der Waals surface area contributed by atoms with E-state index in [0.29, 0.717) is 43.8 Å². The summed E-state index contributed by atoms with van der Waals surface area (Å²) in [6.07, 6.45) is 1.45. The molecule has 0 unspecified atom stereocenters. The third kappa shape index (κ3) is 3.93. The number of nitrogens with zero attached hydrogens (tertiary/aromatic N) is 1. The number of aromatic nitrogens is 1. The van der Waals surface area contributed by atoms with Gasteiger partial charge in [0.25, 0.3) is 0 Å². The Morgan fingerprint density at radius 1 is 1.11 bits per heavy atom. The lowest BCUT2D eigenvalue weighted by Crippen LogP contribution is -2.09. The Morgan fingerprint density at radius 3 is 2.54 bits per heavy atom. The molecular weight excluding hydrogens is 403 g/mol. The highest BCUT2D eigenvalue weighted by molar-refractivity contribution is 6.33. The Labute approximate surface area is 172 Å². The number of methoxy groups -OCH3 is 2. The third-order valence-electron chi connectivity index (χ3n) is 4.06. The van der Waals surface area contributed by atoms with Crippen LogP contribution in [0.25, 0.3) is 10.9 Å². The lowest BCUT2D eigenvalue weighted by molar-refractivity contribution is 0.0527. The van der Waals surface area contributed by atoms with Gasteiger partial charge in [0.1, 0.15) is 17.1 Å². The maximum absolute atomic E-state index is 12.5. The quantitative estimate of drug-likeness (QED) is 0.532. The van der Waals surface area contributed by atoms with E-state index < -0.39 is 5.97 Å². The van der Waals surface area contributed by atoms with Gasteiger partial charge in [0, 0.05) is 16.6 Å². The fourth-order valence-electron chi connectivity index (χ4n) is 2.76. The first-order valence-electron chi connectivity index (χ1n) is 8.42. The van der Waals surface area contributed by atoms with Crippen LogP contribution in [0.3, 0.4) is 0 Å². The Hall–Kier alpha value is -2.70. The molecule has 146 valence electrons. The van der Waals surface area contributed by atoms with E-state index in [2.05, 4.69) is 10.3 Å². The number of rotatable bonds is 6. The highest BCUT2D eigenvalue weighted by atomic mass is 35.5. The molecule has 28 heavy (non-hydrogen) atoms. The Morgan fingerprint density at radius 2 is 1.86 bits per heavy atom. The minimum absolute atomic E-state index is 0.237. The van der Waals surface area contributed by atoms with Gasteiger partial charge in [-0.15, -0.1) is 0 Å². The molecule has 0 radical (unpaired) electrons. The van der Waals surface area contributed by atoms with Crippen LogP contribution in [0, 0.1) is 0 Å². The molecule has 6 nitrogen and oxygen atoms in total. The number of ether oxygens (including phenoxy) is 3. The summed E-state index contributed by atoms with van der Waals surface area (Å²) in [5.41, 5.74) is 1.92. The van der Waals surface area contributed by atoms with E-state index in [4.69, 9.17) is 37.4 Å². The maximum Gasteiger partial charge on any atom is 0.341 e. The van der Waals surface area contributed by atoms with Crippen LogP contribution in [-0.2, 0) is 4.74 Å². The first-order chi connectivity index (χ1) is 13.5. The third-order valence-corrected chi connectivity index (χ3v) is 4.59. The fraction of sp³-hybridized carbons (Fsp3) is 0.200. The van der Waals surface area contributed by atoms with Crippen molar-refractivity contribution in [2.75, 3.05) is 26.1 Å². The van der Waals surface area contributed by atoms with Crippen molar-refractivity contribution in [1.82, 2.24) is 4.98 Å². The van der Waals surface area contributed by atoms with E-state index in [-0.39, 0.29) is 12.2 Å². The number of carbonyl (C=O) groups is 1. The molecule has 0 saturated carbocycles. The average Bonchev–Trinajstić information content (AvgIpc) is 2.68. The number of hydrogen-bond donors (Lipinski definition) is 1. The van der Waals surface area contributed by atoms with Crippen molar-refractivity contribution in [2.45, 2.75) is 6.92 Å². The van der Waals surface area contributed by atoms with Gasteiger partial charge in [-0.3, -0.25) is 4.98 Å². The molecule has 0 aliphatic heterocycles. The summed E-state index contributed by atoms with van der Waals surface area (Å²) < 4.78 is 15.9. The van der Waals surface area contributed by atoms with E-state index in [1.54, 1.807) is 44.4 Å². The van der Waals surface area contributed by atoms with E-state index >= 15 is 0 Å². The molecule has 3 rings (SSSR count). The second-order valence-corrected chi connectivity index (χ2v) is 6.58. The molecule has 0 saturated heterocycles. The largest absolute Gasteiger partial charge is 0.495 e. The van der Waals surface area contributed by atoms with Gasteiger partial charge < -0.3 is 19.5 Å². The van der Waals surface area contributed by atoms with Crippen LogP contribution in [0.4, 0.5) is 11.4 Å². The Bertz CT molecular complexity index is 1040. The first kappa shape index (κ1) is 20.0. The summed E-state index contributed by atoms with van der Waals surface area (Å²) in [6.45, 7) is 1.98. The topological polar surface area (TPSA) is 69.7 Å². The van der Waals surface area contributed by atoms with Crippen molar-refractivity contribution in [3.8, 4) is 11.5 Å². The number of fused-ring (bicyclic) bond motifs is 1. The van der Waals surface area contributed by atoms with Gasteiger partial charge in [-0.05, 0) is 37.3 Å². The molecule has 0 atom stereocenters. The predicted octanol–water partition coefficient (Wildman–Crippen LogP) is 5.48. The van der Waals surface area contributed by atoms with Gasteiger partial charge in [0.2, 0.25) is 0 Å². The first-order valence-corrected chi connectivity index (χ1v) is 9.18.